The standard InChI is InChI=1S/C16H9Cl2F2NO2S/c17-10-7-8(5-6-11(10)23-16(19)20)21-15(22)14-13(18)9-3-1-2-4-12(9)24-14/h1-7,16H,(H,21,22). The summed E-state index contributed by atoms with van der Waals surface area (Å²) in [5.74, 6) is -0.565. The highest BCUT2D eigenvalue weighted by atomic mass is 35.5. The van der Waals surface area contributed by atoms with E-state index in [1.807, 2.05) is 24.3 Å². The quantitative estimate of drug-likeness (QED) is 0.590. The number of benzene rings is 2. The average molecular weight is 388 g/mol. The zero-order valence-electron chi connectivity index (χ0n) is 11.9. The van der Waals surface area contributed by atoms with Crippen molar-refractivity contribution in [2.24, 2.45) is 0 Å². The topological polar surface area (TPSA) is 38.3 Å². The number of ether oxygens (including phenoxy) is 1. The van der Waals surface area contributed by atoms with Gasteiger partial charge >= 0.3 is 6.61 Å². The summed E-state index contributed by atoms with van der Waals surface area (Å²) >= 11 is 13.4. The van der Waals surface area contributed by atoms with Crippen molar-refractivity contribution in [1.82, 2.24) is 0 Å². The Bertz CT molecular complexity index is 914. The summed E-state index contributed by atoms with van der Waals surface area (Å²) in [4.78, 5) is 12.8. The van der Waals surface area contributed by atoms with Crippen LogP contribution in [0.15, 0.2) is 42.5 Å². The van der Waals surface area contributed by atoms with Crippen molar-refractivity contribution in [2.45, 2.75) is 6.61 Å². The Labute approximate surface area is 149 Å². The van der Waals surface area contributed by atoms with Crippen LogP contribution >= 0.6 is 34.5 Å². The minimum absolute atomic E-state index is 0.0319. The normalized spacial score (nSPS) is 11.0. The van der Waals surface area contributed by atoms with E-state index in [4.69, 9.17) is 23.2 Å². The molecule has 0 saturated heterocycles. The van der Waals surface area contributed by atoms with Crippen LogP contribution in [0.4, 0.5) is 14.5 Å². The van der Waals surface area contributed by atoms with Gasteiger partial charge in [-0.05, 0) is 24.3 Å². The van der Waals surface area contributed by atoms with Crippen LogP contribution in [-0.2, 0) is 0 Å². The number of rotatable bonds is 4. The van der Waals surface area contributed by atoms with Crippen molar-refractivity contribution in [3.8, 4) is 5.75 Å². The van der Waals surface area contributed by atoms with Gasteiger partial charge in [0.15, 0.2) is 0 Å². The Morgan fingerprint density at radius 3 is 2.58 bits per heavy atom. The average Bonchev–Trinajstić information content (AvgIpc) is 2.87. The summed E-state index contributed by atoms with van der Waals surface area (Å²) in [5.41, 5.74) is 0.347. The van der Waals surface area contributed by atoms with Crippen LogP contribution in [0.1, 0.15) is 9.67 Å². The first-order valence-electron chi connectivity index (χ1n) is 6.68. The van der Waals surface area contributed by atoms with Gasteiger partial charge in [-0.2, -0.15) is 8.78 Å². The van der Waals surface area contributed by atoms with Gasteiger partial charge in [-0.15, -0.1) is 11.3 Å². The van der Waals surface area contributed by atoms with E-state index in [0.29, 0.717) is 15.6 Å². The van der Waals surface area contributed by atoms with Gasteiger partial charge < -0.3 is 10.1 Å². The van der Waals surface area contributed by atoms with Gasteiger partial charge in [0.1, 0.15) is 10.6 Å². The third kappa shape index (κ3) is 3.45. The number of fused-ring (bicyclic) bond motifs is 1. The number of hydrogen-bond donors (Lipinski definition) is 1. The molecule has 1 amide bonds. The second-order valence-electron chi connectivity index (χ2n) is 4.72. The van der Waals surface area contributed by atoms with Crippen LogP contribution in [0.3, 0.4) is 0 Å². The molecule has 124 valence electrons. The summed E-state index contributed by atoms with van der Waals surface area (Å²) in [6, 6.07) is 11.4. The van der Waals surface area contributed by atoms with Crippen LogP contribution in [0.5, 0.6) is 5.75 Å². The van der Waals surface area contributed by atoms with Crippen LogP contribution in [0, 0.1) is 0 Å². The van der Waals surface area contributed by atoms with E-state index < -0.39 is 12.5 Å². The summed E-state index contributed by atoms with van der Waals surface area (Å²) < 4.78 is 29.6. The molecule has 0 fully saturated rings. The lowest BCUT2D eigenvalue weighted by Crippen LogP contribution is -2.11. The monoisotopic (exact) mass is 387 g/mol. The number of nitrogens with one attached hydrogen (secondary N) is 1. The number of alkyl halides is 2. The molecule has 24 heavy (non-hydrogen) atoms. The molecule has 1 N–H and O–H groups in total. The molecule has 0 aliphatic rings. The van der Waals surface area contributed by atoms with Gasteiger partial charge in [-0.3, -0.25) is 4.79 Å². The number of carbonyl (C=O) groups excluding carboxylic acids is 1. The van der Waals surface area contributed by atoms with Crippen LogP contribution in [-0.4, -0.2) is 12.5 Å². The van der Waals surface area contributed by atoms with Crippen LogP contribution in [0.2, 0.25) is 10.0 Å². The highest BCUT2D eigenvalue weighted by Crippen LogP contribution is 2.36. The van der Waals surface area contributed by atoms with Crippen molar-refractivity contribution in [2.75, 3.05) is 5.32 Å². The molecule has 0 atom stereocenters. The molecular formula is C16H9Cl2F2NO2S. The van der Waals surface area contributed by atoms with E-state index in [9.17, 15) is 13.6 Å². The fraction of sp³-hybridized carbons (Fsp3) is 0.0625. The molecule has 1 heterocycles. The molecule has 3 nitrogen and oxygen atoms in total. The molecule has 0 unspecified atom stereocenters. The molecule has 3 rings (SSSR count). The van der Waals surface area contributed by atoms with Crippen molar-refractivity contribution >= 4 is 56.2 Å². The minimum atomic E-state index is -2.97. The molecule has 0 saturated carbocycles. The molecule has 0 radical (unpaired) electrons. The summed E-state index contributed by atoms with van der Waals surface area (Å²) in [5, 5.41) is 3.78. The highest BCUT2D eigenvalue weighted by Gasteiger charge is 2.17. The molecule has 1 aromatic heterocycles. The molecule has 0 aliphatic carbocycles. The maximum absolute atomic E-state index is 12.4. The highest BCUT2D eigenvalue weighted by molar-refractivity contribution is 7.21. The van der Waals surface area contributed by atoms with Crippen molar-refractivity contribution < 1.29 is 18.3 Å². The van der Waals surface area contributed by atoms with Gasteiger partial charge in [-0.1, -0.05) is 41.4 Å². The number of halogens is 4. The lowest BCUT2D eigenvalue weighted by Gasteiger charge is -2.09. The Balaban J connectivity index is 1.83. The first-order valence-corrected chi connectivity index (χ1v) is 8.25. The van der Waals surface area contributed by atoms with E-state index in [1.54, 1.807) is 0 Å². The molecular weight excluding hydrogens is 379 g/mol. The van der Waals surface area contributed by atoms with Gasteiger partial charge in [-0.25, -0.2) is 0 Å². The third-order valence-electron chi connectivity index (χ3n) is 3.15. The van der Waals surface area contributed by atoms with Crippen LogP contribution in [0.25, 0.3) is 10.1 Å². The fourth-order valence-electron chi connectivity index (χ4n) is 2.12. The van der Waals surface area contributed by atoms with E-state index in [1.165, 1.54) is 29.5 Å². The lowest BCUT2D eigenvalue weighted by molar-refractivity contribution is -0.0497. The maximum atomic E-state index is 12.4. The molecule has 0 bridgehead atoms. The number of amides is 1. The first-order chi connectivity index (χ1) is 11.5. The Kier molecular flexibility index (Phi) is 4.89. The minimum Gasteiger partial charge on any atom is -0.433 e. The molecule has 2 aromatic carbocycles. The number of hydrogen-bond acceptors (Lipinski definition) is 3. The molecule has 0 spiro atoms. The summed E-state index contributed by atoms with van der Waals surface area (Å²) in [7, 11) is 0. The van der Waals surface area contributed by atoms with E-state index in [2.05, 4.69) is 10.1 Å². The van der Waals surface area contributed by atoms with Gasteiger partial charge in [0.25, 0.3) is 5.91 Å². The van der Waals surface area contributed by atoms with E-state index >= 15 is 0 Å². The smallest absolute Gasteiger partial charge is 0.387 e. The lowest BCUT2D eigenvalue weighted by atomic mass is 10.2. The molecule has 8 heteroatoms. The maximum Gasteiger partial charge on any atom is 0.387 e. The van der Waals surface area contributed by atoms with Gasteiger partial charge in [0.2, 0.25) is 0 Å². The predicted molar refractivity (Wildman–Crippen MR) is 92.9 cm³/mol. The second-order valence-corrected chi connectivity index (χ2v) is 6.56. The summed E-state index contributed by atoms with van der Waals surface area (Å²) in [6.45, 7) is -2.97. The number of anilines is 1. The third-order valence-corrected chi connectivity index (χ3v) is 5.12. The van der Waals surface area contributed by atoms with E-state index in [-0.39, 0.29) is 10.8 Å². The Morgan fingerprint density at radius 2 is 1.92 bits per heavy atom. The summed E-state index contributed by atoms with van der Waals surface area (Å²) in [6.07, 6.45) is 0. The first kappa shape index (κ1) is 17.0. The van der Waals surface area contributed by atoms with Gasteiger partial charge in [0.05, 0.1) is 10.0 Å². The fourth-order valence-corrected chi connectivity index (χ4v) is 3.76. The Hall–Kier alpha value is -1.89. The Morgan fingerprint density at radius 1 is 1.17 bits per heavy atom. The molecule has 3 aromatic rings. The number of carbonyl (C=O) groups is 1. The number of thiophene rings is 1. The second kappa shape index (κ2) is 6.93. The predicted octanol–water partition coefficient (Wildman–Crippen LogP) is 6.06. The van der Waals surface area contributed by atoms with Gasteiger partial charge in [0, 0.05) is 15.8 Å². The van der Waals surface area contributed by atoms with Crippen molar-refractivity contribution in [1.29, 1.82) is 0 Å². The zero-order valence-corrected chi connectivity index (χ0v) is 14.2. The largest absolute Gasteiger partial charge is 0.433 e. The zero-order chi connectivity index (χ0) is 17.3. The van der Waals surface area contributed by atoms with Crippen LogP contribution < -0.4 is 10.1 Å². The van der Waals surface area contributed by atoms with Crippen molar-refractivity contribution in [3.05, 3.63) is 57.4 Å². The van der Waals surface area contributed by atoms with E-state index in [0.717, 1.165) is 10.1 Å². The molecule has 0 aliphatic heterocycles. The SMILES string of the molecule is O=C(Nc1ccc(OC(F)F)c(Cl)c1)c1sc2ccccc2c1Cl. The van der Waals surface area contributed by atoms with Crippen molar-refractivity contribution in [3.63, 3.8) is 0 Å².